The molecule has 7 rings (SSSR count). The summed E-state index contributed by atoms with van der Waals surface area (Å²) in [5.41, 5.74) is 4.21. The first kappa shape index (κ1) is 19.0. The Hall–Kier alpha value is -2.50. The van der Waals surface area contributed by atoms with Crippen molar-refractivity contribution in [2.75, 3.05) is 13.1 Å². The van der Waals surface area contributed by atoms with Crippen LogP contribution in [0.15, 0.2) is 36.4 Å². The van der Waals surface area contributed by atoms with Gasteiger partial charge in [0, 0.05) is 28.9 Å². The first-order valence-electron chi connectivity index (χ1n) is 12.2. The Morgan fingerprint density at radius 3 is 2.94 bits per heavy atom. The zero-order valence-electron chi connectivity index (χ0n) is 18.5. The smallest absolute Gasteiger partial charge is 0.166 e. The normalized spacial score (nSPS) is 31.9. The van der Waals surface area contributed by atoms with E-state index in [-0.39, 0.29) is 17.9 Å². The summed E-state index contributed by atoms with van der Waals surface area (Å²) >= 11 is 0. The number of rotatable bonds is 4. The summed E-state index contributed by atoms with van der Waals surface area (Å²) in [5.74, 6) is 0.784. The molecule has 5 nitrogen and oxygen atoms in total. The van der Waals surface area contributed by atoms with Gasteiger partial charge in [-0.25, -0.2) is 0 Å². The molecule has 3 heterocycles. The molecule has 0 radical (unpaired) electrons. The van der Waals surface area contributed by atoms with Crippen molar-refractivity contribution < 1.29 is 14.9 Å². The third-order valence-corrected chi connectivity index (χ3v) is 8.93. The van der Waals surface area contributed by atoms with Crippen LogP contribution >= 0.6 is 0 Å². The monoisotopic (exact) mass is 430 g/mol. The lowest BCUT2D eigenvalue weighted by Crippen LogP contribution is -2.74. The Kier molecular flexibility index (Phi) is 3.74. The summed E-state index contributed by atoms with van der Waals surface area (Å²) in [4.78, 5) is 6.19. The number of H-pyrrole nitrogens is 1. The van der Waals surface area contributed by atoms with Gasteiger partial charge in [-0.3, -0.25) is 4.90 Å². The molecule has 4 aliphatic rings. The molecule has 1 fully saturated rings. The summed E-state index contributed by atoms with van der Waals surface area (Å²) in [6.07, 6.45) is 5.56. The molecule has 0 amide bonds. The number of aromatic amines is 1. The molecule has 1 saturated heterocycles. The van der Waals surface area contributed by atoms with Crippen molar-refractivity contribution in [2.45, 2.75) is 68.6 Å². The van der Waals surface area contributed by atoms with Gasteiger partial charge >= 0.3 is 0 Å². The lowest BCUT2D eigenvalue weighted by atomic mass is 9.49. The average molecular weight is 431 g/mol. The summed E-state index contributed by atoms with van der Waals surface area (Å²) in [7, 11) is 0. The third-order valence-electron chi connectivity index (χ3n) is 8.93. The number of likely N-dealkylation sites (tertiary alicyclic amines) is 1. The largest absolute Gasteiger partial charge is 0.504 e. The van der Waals surface area contributed by atoms with E-state index in [1.807, 2.05) is 6.07 Å². The van der Waals surface area contributed by atoms with Gasteiger partial charge < -0.3 is 19.9 Å². The van der Waals surface area contributed by atoms with E-state index in [0.29, 0.717) is 12.2 Å². The second kappa shape index (κ2) is 6.30. The maximum absolute atomic E-state index is 12.7. The summed E-state index contributed by atoms with van der Waals surface area (Å²) in [6, 6.07) is 12.3. The van der Waals surface area contributed by atoms with Crippen LogP contribution in [-0.4, -0.2) is 44.8 Å². The Morgan fingerprint density at radius 1 is 1.19 bits per heavy atom. The van der Waals surface area contributed by atoms with Gasteiger partial charge in [0.05, 0.1) is 16.7 Å². The Labute approximate surface area is 188 Å². The molecule has 2 aliphatic carbocycles. The number of phenolic OH excluding ortho intramolecular Hbond substituents is 1. The van der Waals surface area contributed by atoms with Crippen LogP contribution in [0.2, 0.25) is 0 Å². The van der Waals surface area contributed by atoms with E-state index in [4.69, 9.17) is 4.74 Å². The topological polar surface area (TPSA) is 68.7 Å². The molecule has 1 spiro atoms. The quantitative estimate of drug-likeness (QED) is 0.538. The van der Waals surface area contributed by atoms with Gasteiger partial charge in [-0.05, 0) is 55.6 Å². The number of hydrogen-bond donors (Lipinski definition) is 3. The van der Waals surface area contributed by atoms with E-state index in [2.05, 4.69) is 41.1 Å². The van der Waals surface area contributed by atoms with Crippen LogP contribution in [0, 0.1) is 0 Å². The Bertz CT molecular complexity index is 1250. The predicted molar refractivity (Wildman–Crippen MR) is 123 cm³/mol. The average Bonchev–Trinajstić information content (AvgIpc) is 3.32. The van der Waals surface area contributed by atoms with Crippen molar-refractivity contribution >= 4 is 10.9 Å². The molecule has 1 aromatic heterocycles. The van der Waals surface area contributed by atoms with E-state index < -0.39 is 11.0 Å². The van der Waals surface area contributed by atoms with Crippen LogP contribution in [0.4, 0.5) is 0 Å². The number of piperidine rings is 1. The fourth-order valence-corrected chi connectivity index (χ4v) is 7.56. The molecule has 4 atom stereocenters. The Morgan fingerprint density at radius 2 is 2.06 bits per heavy atom. The van der Waals surface area contributed by atoms with Gasteiger partial charge in [-0.1, -0.05) is 44.0 Å². The maximum atomic E-state index is 12.7. The van der Waals surface area contributed by atoms with Crippen LogP contribution in [0.3, 0.4) is 0 Å². The van der Waals surface area contributed by atoms with Crippen molar-refractivity contribution in [1.82, 2.24) is 9.88 Å². The zero-order chi connectivity index (χ0) is 21.7. The third kappa shape index (κ3) is 2.07. The SMILES string of the molecule is CCCCCN1CC[C@]23c4c5ccc(O)c4O[C@H]2c2[nH]c4ccccc4c2C[C@@]3(O)[C@@H]1C5. The minimum Gasteiger partial charge on any atom is -0.504 e. The number of nitrogens with one attached hydrogen (secondary N) is 1. The molecule has 2 aliphatic heterocycles. The number of phenols is 1. The summed E-state index contributed by atoms with van der Waals surface area (Å²) in [6.45, 7) is 4.23. The maximum Gasteiger partial charge on any atom is 0.166 e. The number of hydrogen-bond acceptors (Lipinski definition) is 4. The summed E-state index contributed by atoms with van der Waals surface area (Å²) in [5, 5.41) is 24.7. The molecule has 5 heteroatoms. The number of ether oxygens (including phenoxy) is 1. The van der Waals surface area contributed by atoms with E-state index in [0.717, 1.165) is 42.7 Å². The van der Waals surface area contributed by atoms with Crippen molar-refractivity contribution in [3.63, 3.8) is 0 Å². The first-order chi connectivity index (χ1) is 15.6. The van der Waals surface area contributed by atoms with Gasteiger partial charge in [0.25, 0.3) is 0 Å². The first-order valence-corrected chi connectivity index (χ1v) is 12.2. The minimum atomic E-state index is -0.924. The molecule has 3 N–H and O–H groups in total. The molecule has 3 aromatic rings. The van der Waals surface area contributed by atoms with Crippen LogP contribution in [0.25, 0.3) is 10.9 Å². The zero-order valence-corrected chi connectivity index (χ0v) is 18.5. The molecule has 2 aromatic carbocycles. The molecule has 0 unspecified atom stereocenters. The van der Waals surface area contributed by atoms with E-state index in [1.165, 1.54) is 35.8 Å². The molecule has 166 valence electrons. The molecule has 2 bridgehead atoms. The molecular weight excluding hydrogens is 400 g/mol. The van der Waals surface area contributed by atoms with Gasteiger partial charge in [0.15, 0.2) is 17.6 Å². The van der Waals surface area contributed by atoms with Gasteiger partial charge in [-0.2, -0.15) is 0 Å². The fourth-order valence-electron chi connectivity index (χ4n) is 7.56. The number of aromatic hydroxyl groups is 1. The second-order valence-corrected chi connectivity index (χ2v) is 10.3. The second-order valence-electron chi connectivity index (χ2n) is 10.3. The van der Waals surface area contributed by atoms with Gasteiger partial charge in [0.2, 0.25) is 0 Å². The summed E-state index contributed by atoms with van der Waals surface area (Å²) < 4.78 is 6.60. The lowest BCUT2D eigenvalue weighted by Gasteiger charge is -2.62. The molecular formula is C27H30N2O3. The minimum absolute atomic E-state index is 0.0593. The highest BCUT2D eigenvalue weighted by Crippen LogP contribution is 2.68. The number of fused-ring (bicyclic) bond motifs is 4. The van der Waals surface area contributed by atoms with Crippen LogP contribution in [0.1, 0.15) is 61.1 Å². The van der Waals surface area contributed by atoms with Crippen LogP contribution in [-0.2, 0) is 18.3 Å². The highest BCUT2D eigenvalue weighted by molar-refractivity contribution is 5.86. The van der Waals surface area contributed by atoms with Gasteiger partial charge in [0.1, 0.15) is 0 Å². The molecule has 0 saturated carbocycles. The number of benzene rings is 2. The van der Waals surface area contributed by atoms with Crippen LogP contribution in [0.5, 0.6) is 11.5 Å². The Balaban J connectivity index is 1.47. The highest BCUT2D eigenvalue weighted by Gasteiger charge is 2.72. The van der Waals surface area contributed by atoms with E-state index in [9.17, 15) is 10.2 Å². The highest BCUT2D eigenvalue weighted by atomic mass is 16.5. The van der Waals surface area contributed by atoms with Crippen molar-refractivity contribution in [3.05, 3.63) is 58.8 Å². The number of aliphatic hydroxyl groups is 1. The lowest BCUT2D eigenvalue weighted by molar-refractivity contribution is -0.172. The van der Waals surface area contributed by atoms with Crippen molar-refractivity contribution in [1.29, 1.82) is 0 Å². The van der Waals surface area contributed by atoms with Crippen molar-refractivity contribution in [2.24, 2.45) is 0 Å². The number of aromatic nitrogens is 1. The number of unbranched alkanes of at least 4 members (excludes halogenated alkanes) is 2. The fraction of sp³-hybridized carbons (Fsp3) is 0.481. The van der Waals surface area contributed by atoms with Gasteiger partial charge in [-0.15, -0.1) is 0 Å². The van der Waals surface area contributed by atoms with Crippen LogP contribution < -0.4 is 4.74 Å². The predicted octanol–water partition coefficient (Wildman–Crippen LogP) is 4.35. The standard InChI is InChI=1S/C27H30N2O3/c1-2-3-6-12-29-13-11-26-22-16-9-10-20(30)24(22)32-25(26)23-18(15-27(26,31)21(29)14-16)17-7-4-5-8-19(17)28-23/h4-5,7-10,21,25,28,30-31H,2-3,6,11-15H2,1H3/t21-,25-,26-,27+/m0/s1. The number of para-hydroxylation sites is 1. The van der Waals surface area contributed by atoms with Crippen molar-refractivity contribution in [3.8, 4) is 11.5 Å². The molecule has 32 heavy (non-hydrogen) atoms. The van der Waals surface area contributed by atoms with E-state index >= 15 is 0 Å². The number of nitrogens with zero attached hydrogens (tertiary/aromatic N) is 1. The van der Waals surface area contributed by atoms with E-state index in [1.54, 1.807) is 6.07 Å².